The number of hydrogen-bond acceptors (Lipinski definition) is 4. The van der Waals surface area contributed by atoms with Crippen LogP contribution in [0.25, 0.3) is 0 Å². The highest BCUT2D eigenvalue weighted by molar-refractivity contribution is 5.86. The van der Waals surface area contributed by atoms with E-state index in [0.717, 1.165) is 37.7 Å². The fraction of sp³-hybridized carbons (Fsp3) is 0.579. The monoisotopic (exact) mass is 346 g/mol. The van der Waals surface area contributed by atoms with Gasteiger partial charge in [-0.25, -0.2) is 0 Å². The van der Waals surface area contributed by atoms with Crippen LogP contribution in [0.2, 0.25) is 0 Å². The average molecular weight is 346 g/mol. The van der Waals surface area contributed by atoms with E-state index in [9.17, 15) is 9.59 Å². The van der Waals surface area contributed by atoms with Gasteiger partial charge >= 0.3 is 0 Å². The Labute approximate surface area is 148 Å². The summed E-state index contributed by atoms with van der Waals surface area (Å²) in [5, 5.41) is 2.81. The highest BCUT2D eigenvalue weighted by atomic mass is 16.5. The summed E-state index contributed by atoms with van der Waals surface area (Å²) < 4.78 is 10.7. The van der Waals surface area contributed by atoms with Gasteiger partial charge in [0.25, 0.3) is 0 Å². The van der Waals surface area contributed by atoms with Gasteiger partial charge in [-0.2, -0.15) is 0 Å². The maximum atomic E-state index is 12.5. The first kappa shape index (κ1) is 17.6. The van der Waals surface area contributed by atoms with Gasteiger partial charge in [-0.3, -0.25) is 9.59 Å². The minimum Gasteiger partial charge on any atom is -0.493 e. The van der Waals surface area contributed by atoms with Crippen molar-refractivity contribution in [2.24, 2.45) is 5.92 Å². The van der Waals surface area contributed by atoms with Gasteiger partial charge in [0.05, 0.1) is 20.8 Å². The summed E-state index contributed by atoms with van der Waals surface area (Å²) in [6.07, 6.45) is 4.88. The molecule has 3 rings (SSSR count). The van der Waals surface area contributed by atoms with Gasteiger partial charge in [-0.15, -0.1) is 0 Å². The lowest BCUT2D eigenvalue weighted by atomic mass is 9.98. The fourth-order valence-electron chi connectivity index (χ4n) is 3.70. The van der Waals surface area contributed by atoms with Crippen LogP contribution in [0.4, 0.5) is 0 Å². The van der Waals surface area contributed by atoms with Gasteiger partial charge < -0.3 is 19.7 Å². The highest BCUT2D eigenvalue weighted by Gasteiger charge is 2.25. The van der Waals surface area contributed by atoms with E-state index in [1.165, 1.54) is 5.56 Å². The van der Waals surface area contributed by atoms with Crippen LogP contribution in [0.5, 0.6) is 11.5 Å². The molecule has 6 heteroatoms. The van der Waals surface area contributed by atoms with E-state index in [-0.39, 0.29) is 24.3 Å². The zero-order chi connectivity index (χ0) is 17.8. The van der Waals surface area contributed by atoms with Crippen molar-refractivity contribution in [3.8, 4) is 11.5 Å². The van der Waals surface area contributed by atoms with E-state index in [2.05, 4.69) is 5.32 Å². The second kappa shape index (κ2) is 7.76. The number of rotatable bonds is 5. The Morgan fingerprint density at radius 1 is 1.12 bits per heavy atom. The van der Waals surface area contributed by atoms with Crippen molar-refractivity contribution in [3.63, 3.8) is 0 Å². The number of carbonyl (C=O) groups excluding carboxylic acids is 2. The molecule has 1 aromatic carbocycles. The topological polar surface area (TPSA) is 67.9 Å². The van der Waals surface area contributed by atoms with Crippen molar-refractivity contribution in [2.75, 3.05) is 27.3 Å². The van der Waals surface area contributed by atoms with Crippen molar-refractivity contribution in [1.29, 1.82) is 0 Å². The number of carbonyl (C=O) groups is 2. The number of fused-ring (bicyclic) bond motifs is 1. The van der Waals surface area contributed by atoms with E-state index in [0.29, 0.717) is 24.6 Å². The highest BCUT2D eigenvalue weighted by Crippen LogP contribution is 2.33. The minimum atomic E-state index is -0.0354. The smallest absolute Gasteiger partial charge is 0.242 e. The molecular weight excluding hydrogens is 320 g/mol. The Morgan fingerprint density at radius 3 is 2.40 bits per heavy atom. The molecule has 1 saturated carbocycles. The normalized spacial score (nSPS) is 17.1. The van der Waals surface area contributed by atoms with Crippen molar-refractivity contribution >= 4 is 11.8 Å². The Morgan fingerprint density at radius 2 is 1.76 bits per heavy atom. The Bertz CT molecular complexity index is 653. The number of amides is 2. The van der Waals surface area contributed by atoms with Crippen molar-refractivity contribution in [2.45, 2.75) is 38.6 Å². The number of nitrogens with zero attached hydrogens (tertiary/aromatic N) is 1. The third-order valence-corrected chi connectivity index (χ3v) is 5.21. The molecule has 25 heavy (non-hydrogen) atoms. The second-order valence-corrected chi connectivity index (χ2v) is 6.74. The number of benzene rings is 1. The molecule has 0 atom stereocenters. The Kier molecular flexibility index (Phi) is 5.46. The Balaban J connectivity index is 1.59. The van der Waals surface area contributed by atoms with Crippen LogP contribution in [0.1, 0.15) is 36.8 Å². The lowest BCUT2D eigenvalue weighted by molar-refractivity contribution is -0.134. The molecule has 0 saturated heterocycles. The van der Waals surface area contributed by atoms with E-state index >= 15 is 0 Å². The van der Waals surface area contributed by atoms with Gasteiger partial charge in [0.15, 0.2) is 11.5 Å². The summed E-state index contributed by atoms with van der Waals surface area (Å²) in [6.45, 7) is 1.27. The molecule has 2 aliphatic rings. The molecule has 0 aromatic heterocycles. The number of methoxy groups -OCH3 is 2. The first-order valence-corrected chi connectivity index (χ1v) is 8.91. The quantitative estimate of drug-likeness (QED) is 0.884. The third-order valence-electron chi connectivity index (χ3n) is 5.21. The molecule has 0 bridgehead atoms. The molecule has 1 aliphatic heterocycles. The lowest BCUT2D eigenvalue weighted by Crippen LogP contribution is -2.43. The number of ether oxygens (including phenoxy) is 2. The zero-order valence-electron chi connectivity index (χ0n) is 15.0. The van der Waals surface area contributed by atoms with Crippen LogP contribution < -0.4 is 14.8 Å². The van der Waals surface area contributed by atoms with Crippen molar-refractivity contribution in [3.05, 3.63) is 23.3 Å². The van der Waals surface area contributed by atoms with Gasteiger partial charge in [0.1, 0.15) is 0 Å². The molecular formula is C19H26N2O4. The average Bonchev–Trinajstić information content (AvgIpc) is 3.18. The first-order valence-electron chi connectivity index (χ1n) is 8.91. The van der Waals surface area contributed by atoms with Crippen LogP contribution >= 0.6 is 0 Å². The largest absolute Gasteiger partial charge is 0.493 e. The van der Waals surface area contributed by atoms with E-state index in [4.69, 9.17) is 9.47 Å². The zero-order valence-corrected chi connectivity index (χ0v) is 15.0. The molecule has 6 nitrogen and oxygen atoms in total. The summed E-state index contributed by atoms with van der Waals surface area (Å²) in [5.41, 5.74) is 2.25. The summed E-state index contributed by atoms with van der Waals surface area (Å²) in [5.74, 6) is 1.46. The lowest BCUT2D eigenvalue weighted by Gasteiger charge is -2.30. The van der Waals surface area contributed by atoms with Gasteiger partial charge in [-0.05, 0) is 42.5 Å². The summed E-state index contributed by atoms with van der Waals surface area (Å²) >= 11 is 0. The second-order valence-electron chi connectivity index (χ2n) is 6.74. The molecule has 1 N–H and O–H groups in total. The predicted molar refractivity (Wildman–Crippen MR) is 93.6 cm³/mol. The van der Waals surface area contributed by atoms with E-state index < -0.39 is 0 Å². The van der Waals surface area contributed by atoms with Crippen LogP contribution in [0.3, 0.4) is 0 Å². The number of nitrogens with one attached hydrogen (secondary N) is 1. The van der Waals surface area contributed by atoms with Crippen LogP contribution in [0, 0.1) is 5.92 Å². The Hall–Kier alpha value is -2.24. The molecule has 1 aromatic rings. The molecule has 136 valence electrons. The molecule has 0 spiro atoms. The maximum Gasteiger partial charge on any atom is 0.242 e. The SMILES string of the molecule is COc1cc2c(cc1OC)CN(C(=O)CNC(=O)C1CCCC1)CC2. The molecule has 0 unspecified atom stereocenters. The molecule has 1 fully saturated rings. The summed E-state index contributed by atoms with van der Waals surface area (Å²) in [6, 6.07) is 3.92. The van der Waals surface area contributed by atoms with Gasteiger partial charge in [0.2, 0.25) is 11.8 Å². The van der Waals surface area contributed by atoms with Gasteiger partial charge in [-0.1, -0.05) is 12.8 Å². The molecule has 2 amide bonds. The standard InChI is InChI=1S/C19H26N2O4/c1-24-16-9-14-7-8-21(12-15(14)10-17(16)25-2)18(22)11-20-19(23)13-5-3-4-6-13/h9-10,13H,3-8,11-12H2,1-2H3,(H,20,23). The number of hydrogen-bond donors (Lipinski definition) is 1. The molecule has 1 aliphatic carbocycles. The van der Waals surface area contributed by atoms with Crippen LogP contribution in [0.15, 0.2) is 12.1 Å². The van der Waals surface area contributed by atoms with Crippen molar-refractivity contribution in [1.82, 2.24) is 10.2 Å². The summed E-state index contributed by atoms with van der Waals surface area (Å²) in [4.78, 5) is 26.3. The maximum absolute atomic E-state index is 12.5. The summed E-state index contributed by atoms with van der Waals surface area (Å²) in [7, 11) is 3.23. The van der Waals surface area contributed by atoms with Crippen molar-refractivity contribution < 1.29 is 19.1 Å². The minimum absolute atomic E-state index is 0.0228. The first-order chi connectivity index (χ1) is 12.1. The van der Waals surface area contributed by atoms with Crippen LogP contribution in [-0.4, -0.2) is 44.0 Å². The molecule has 0 radical (unpaired) electrons. The molecule has 1 heterocycles. The van der Waals surface area contributed by atoms with Crippen LogP contribution in [-0.2, 0) is 22.6 Å². The predicted octanol–water partition coefficient (Wildman–Crippen LogP) is 1.89. The van der Waals surface area contributed by atoms with Gasteiger partial charge in [0, 0.05) is 19.0 Å². The fourth-order valence-corrected chi connectivity index (χ4v) is 3.70. The third kappa shape index (κ3) is 3.89. The van der Waals surface area contributed by atoms with E-state index in [1.807, 2.05) is 12.1 Å². The van der Waals surface area contributed by atoms with E-state index in [1.54, 1.807) is 19.1 Å².